The molecule has 0 saturated carbocycles. The number of nitrogens with two attached hydrogens (primary N) is 1. The van der Waals surface area contributed by atoms with Crippen LogP contribution < -0.4 is 27.2 Å². The lowest BCUT2D eigenvalue weighted by Gasteiger charge is -2.18. The number of nitrogens with zero attached hydrogens (tertiary/aromatic N) is 2. The Morgan fingerprint density at radius 1 is 1.33 bits per heavy atom. The smallest absolute Gasteiger partial charge is 0.173 e. The van der Waals surface area contributed by atoms with Crippen molar-refractivity contribution in [2.45, 2.75) is 13.8 Å². The molecular formula is C15H16ClN5. The van der Waals surface area contributed by atoms with E-state index in [1.165, 1.54) is 0 Å². The lowest BCUT2D eigenvalue weighted by atomic mass is 10.1. The zero-order valence-corrected chi connectivity index (χ0v) is 12.8. The van der Waals surface area contributed by atoms with Crippen LogP contribution in [0.3, 0.4) is 0 Å². The Hall–Kier alpha value is -2.27. The summed E-state index contributed by atoms with van der Waals surface area (Å²) in [5, 5.41) is 5.62. The van der Waals surface area contributed by atoms with Crippen molar-refractivity contribution in [3.8, 4) is 0 Å². The minimum absolute atomic E-state index is 0.611. The number of fused-ring (bicyclic) bond motifs is 2. The van der Waals surface area contributed by atoms with E-state index in [-0.39, 0.29) is 0 Å². The Balaban J connectivity index is 2.42. The average molecular weight is 302 g/mol. The summed E-state index contributed by atoms with van der Waals surface area (Å²) in [6, 6.07) is 3.57. The van der Waals surface area contributed by atoms with E-state index in [4.69, 9.17) is 17.3 Å². The summed E-state index contributed by atoms with van der Waals surface area (Å²) < 4.78 is 0. The van der Waals surface area contributed by atoms with Crippen LogP contribution in [0.15, 0.2) is 17.1 Å². The Kier molecular flexibility index (Phi) is 3.22. The van der Waals surface area contributed by atoms with Gasteiger partial charge < -0.3 is 16.0 Å². The molecule has 5 nitrogen and oxygen atoms in total. The van der Waals surface area contributed by atoms with Gasteiger partial charge in [-0.05, 0) is 37.6 Å². The predicted octanol–water partition coefficient (Wildman–Crippen LogP) is 1.25. The van der Waals surface area contributed by atoms with Crippen molar-refractivity contribution in [2.75, 3.05) is 18.1 Å². The van der Waals surface area contributed by atoms with Crippen LogP contribution in [-0.2, 0) is 0 Å². The van der Waals surface area contributed by atoms with Crippen LogP contribution >= 0.6 is 11.6 Å². The third-order valence-corrected chi connectivity index (χ3v) is 3.74. The van der Waals surface area contributed by atoms with Gasteiger partial charge in [-0.1, -0.05) is 11.6 Å². The zero-order chi connectivity index (χ0) is 15.1. The maximum atomic E-state index is 6.23. The fourth-order valence-corrected chi connectivity index (χ4v) is 2.55. The molecule has 2 heterocycles. The third-order valence-electron chi connectivity index (χ3n) is 3.43. The Labute approximate surface area is 126 Å². The van der Waals surface area contributed by atoms with Crippen molar-refractivity contribution >= 4 is 40.4 Å². The maximum absolute atomic E-state index is 6.23. The monoisotopic (exact) mass is 301 g/mol. The number of rotatable bonds is 0. The zero-order valence-electron chi connectivity index (χ0n) is 12.1. The highest BCUT2D eigenvalue weighted by atomic mass is 35.5. The van der Waals surface area contributed by atoms with Crippen molar-refractivity contribution in [3.05, 3.63) is 38.9 Å². The molecule has 1 aliphatic rings. The van der Waals surface area contributed by atoms with Gasteiger partial charge in [-0.25, -0.2) is 4.98 Å². The van der Waals surface area contributed by atoms with Crippen LogP contribution in [0.25, 0.3) is 11.6 Å². The number of benzene rings is 1. The minimum Gasteiger partial charge on any atom is -0.398 e. The third kappa shape index (κ3) is 2.19. The molecular weight excluding hydrogens is 286 g/mol. The van der Waals surface area contributed by atoms with Crippen molar-refractivity contribution in [1.29, 1.82) is 0 Å². The molecule has 1 aromatic heterocycles. The molecule has 108 valence electrons. The highest BCUT2D eigenvalue weighted by Gasteiger charge is 2.16. The van der Waals surface area contributed by atoms with Gasteiger partial charge in [-0.2, -0.15) is 0 Å². The number of aromatic nitrogens is 2. The largest absolute Gasteiger partial charge is 0.398 e. The number of hydrogen-bond donors (Lipinski definition) is 3. The van der Waals surface area contributed by atoms with E-state index in [2.05, 4.69) is 20.3 Å². The molecule has 6 heteroatoms. The highest BCUT2D eigenvalue weighted by Crippen LogP contribution is 2.34. The van der Waals surface area contributed by atoms with Gasteiger partial charge >= 0.3 is 0 Å². The van der Waals surface area contributed by atoms with E-state index in [0.29, 0.717) is 22.0 Å². The number of aromatic amines is 1. The van der Waals surface area contributed by atoms with E-state index in [9.17, 15) is 0 Å². The second-order valence-electron chi connectivity index (χ2n) is 5.12. The Bertz CT molecular complexity index is 920. The number of H-pyrrole nitrogens is 1. The second-order valence-corrected chi connectivity index (χ2v) is 5.52. The van der Waals surface area contributed by atoms with Crippen LogP contribution in [0.4, 0.5) is 17.2 Å². The van der Waals surface area contributed by atoms with Crippen molar-refractivity contribution in [3.63, 3.8) is 0 Å². The van der Waals surface area contributed by atoms with Gasteiger partial charge in [0.15, 0.2) is 11.3 Å². The Morgan fingerprint density at radius 2 is 2.10 bits per heavy atom. The molecule has 0 aliphatic carbocycles. The van der Waals surface area contributed by atoms with Gasteiger partial charge in [0.2, 0.25) is 0 Å². The second kappa shape index (κ2) is 4.93. The molecule has 0 atom stereocenters. The topological polar surface area (TPSA) is 79.1 Å². The molecule has 21 heavy (non-hydrogen) atoms. The molecule has 1 aromatic carbocycles. The summed E-state index contributed by atoms with van der Waals surface area (Å²) in [4.78, 5) is 12.1. The van der Waals surface area contributed by atoms with E-state index >= 15 is 0 Å². The average Bonchev–Trinajstić information content (AvgIpc) is 2.48. The lowest BCUT2D eigenvalue weighted by molar-refractivity contribution is 0.984. The molecule has 3 rings (SSSR count). The fourth-order valence-electron chi connectivity index (χ4n) is 2.34. The lowest BCUT2D eigenvalue weighted by Crippen LogP contribution is -2.41. The van der Waals surface area contributed by atoms with Crippen molar-refractivity contribution in [1.82, 2.24) is 9.97 Å². The van der Waals surface area contributed by atoms with Crippen LogP contribution in [0.2, 0.25) is 5.02 Å². The molecule has 0 bridgehead atoms. The van der Waals surface area contributed by atoms with Gasteiger partial charge in [-0.3, -0.25) is 4.99 Å². The number of hydrogen-bond acceptors (Lipinski definition) is 4. The molecule has 4 N–H and O–H groups in total. The number of nitrogens with one attached hydrogen (secondary N) is 2. The quantitative estimate of drug-likeness (QED) is 0.547. The Morgan fingerprint density at radius 3 is 2.76 bits per heavy atom. The van der Waals surface area contributed by atoms with Gasteiger partial charge in [-0.15, -0.1) is 0 Å². The first kappa shape index (κ1) is 13.7. The number of nitrogen functional groups attached to an aromatic ring is 1. The molecule has 1 aliphatic heterocycles. The summed E-state index contributed by atoms with van der Waals surface area (Å²) in [6.45, 7) is 4.04. The summed E-state index contributed by atoms with van der Waals surface area (Å²) in [6.07, 6.45) is 1.96. The molecule has 0 fully saturated rings. The van der Waals surface area contributed by atoms with E-state index in [1.807, 2.05) is 19.9 Å². The van der Waals surface area contributed by atoms with Crippen LogP contribution in [0.1, 0.15) is 19.4 Å². The van der Waals surface area contributed by atoms with Crippen molar-refractivity contribution < 1.29 is 0 Å². The van der Waals surface area contributed by atoms with E-state index in [1.54, 1.807) is 19.2 Å². The first-order valence-corrected chi connectivity index (χ1v) is 6.96. The summed E-state index contributed by atoms with van der Waals surface area (Å²) in [5.41, 5.74) is 10.1. The summed E-state index contributed by atoms with van der Waals surface area (Å²) >= 11 is 6.23. The first-order valence-electron chi connectivity index (χ1n) is 6.58. The summed E-state index contributed by atoms with van der Waals surface area (Å²) in [7, 11) is 1.72. The van der Waals surface area contributed by atoms with Gasteiger partial charge in [0.25, 0.3) is 0 Å². The number of anilines is 3. The van der Waals surface area contributed by atoms with Gasteiger partial charge in [0.05, 0.1) is 21.4 Å². The minimum atomic E-state index is 0.611. The molecule has 0 radical (unpaired) electrons. The fraction of sp³-hybridized carbons (Fsp3) is 0.200. The van der Waals surface area contributed by atoms with E-state index in [0.717, 1.165) is 27.5 Å². The van der Waals surface area contributed by atoms with E-state index < -0.39 is 0 Å². The molecule has 0 saturated heterocycles. The summed E-state index contributed by atoms with van der Waals surface area (Å²) in [5.74, 6) is 0.695. The predicted molar refractivity (Wildman–Crippen MR) is 86.8 cm³/mol. The van der Waals surface area contributed by atoms with Crippen molar-refractivity contribution in [2.24, 2.45) is 4.99 Å². The number of halogens is 1. The maximum Gasteiger partial charge on any atom is 0.173 e. The molecule has 2 aromatic rings. The highest BCUT2D eigenvalue weighted by molar-refractivity contribution is 6.34. The van der Waals surface area contributed by atoms with Crippen LogP contribution in [-0.4, -0.2) is 17.0 Å². The van der Waals surface area contributed by atoms with Crippen LogP contribution in [0, 0.1) is 0 Å². The first-order chi connectivity index (χ1) is 10.0. The SMILES string of the molecule is CN=c1nc2c([nH]c1=C(C)C)=Cc1c(N)ccc(Cl)c1N2. The molecule has 0 amide bonds. The van der Waals surface area contributed by atoms with Gasteiger partial charge in [0.1, 0.15) is 0 Å². The normalized spacial score (nSPS) is 13.0. The molecule has 0 unspecified atom stereocenters. The van der Waals surface area contributed by atoms with Gasteiger partial charge in [0, 0.05) is 18.3 Å². The molecule has 0 spiro atoms. The standard InChI is InChI=1S/C15H16ClN5/c1-7(2)12-15(18-3)21-14-11(19-12)6-8-10(17)5-4-9(16)13(8)20-14/h4-6,19H,17H2,1-3H3,(H,18,20,21). The van der Waals surface area contributed by atoms with Crippen LogP contribution in [0.5, 0.6) is 0 Å².